The summed E-state index contributed by atoms with van der Waals surface area (Å²) in [5.41, 5.74) is 1.72. The van der Waals surface area contributed by atoms with Gasteiger partial charge in [0.05, 0.1) is 30.0 Å². The lowest BCUT2D eigenvalue weighted by molar-refractivity contribution is 0.0532. The molecule has 1 unspecified atom stereocenters. The summed E-state index contributed by atoms with van der Waals surface area (Å²) in [4.78, 5) is 29.9. The normalized spacial score (nSPS) is 16.6. The van der Waals surface area contributed by atoms with E-state index in [1.165, 1.54) is 11.3 Å². The number of thiazole rings is 1. The monoisotopic (exact) mass is 477 g/mol. The molecule has 10 heteroatoms. The van der Waals surface area contributed by atoms with Gasteiger partial charge in [-0.3, -0.25) is 4.98 Å². The SMILES string of the molecule is CCOC(=O)c1cnc(N2CCN(/C(=N\C#N)Nc3cccc4ncccc34)C(C(C)C)C2)s1. The first-order valence-corrected chi connectivity index (χ1v) is 12.1. The van der Waals surface area contributed by atoms with Gasteiger partial charge in [0.2, 0.25) is 12.2 Å². The van der Waals surface area contributed by atoms with Crippen LogP contribution in [0.15, 0.2) is 47.7 Å². The minimum absolute atomic E-state index is 0.0800. The third kappa shape index (κ3) is 4.94. The lowest BCUT2D eigenvalue weighted by atomic mass is 10.00. The number of esters is 1. The maximum Gasteiger partial charge on any atom is 0.350 e. The second kappa shape index (κ2) is 10.5. The molecular weight excluding hydrogens is 450 g/mol. The summed E-state index contributed by atoms with van der Waals surface area (Å²) in [6, 6.07) is 9.82. The summed E-state index contributed by atoms with van der Waals surface area (Å²) in [5, 5.41) is 14.6. The highest BCUT2D eigenvalue weighted by molar-refractivity contribution is 7.17. The molecule has 0 radical (unpaired) electrons. The lowest BCUT2D eigenvalue weighted by Gasteiger charge is -2.44. The van der Waals surface area contributed by atoms with Crippen molar-refractivity contribution in [2.24, 2.45) is 10.9 Å². The fraction of sp³-hybridized carbons (Fsp3) is 0.375. The Balaban J connectivity index is 1.56. The van der Waals surface area contributed by atoms with Crippen LogP contribution >= 0.6 is 11.3 Å². The number of nitriles is 1. The van der Waals surface area contributed by atoms with Crippen molar-refractivity contribution >= 4 is 45.0 Å². The zero-order valence-electron chi connectivity index (χ0n) is 19.4. The van der Waals surface area contributed by atoms with Crippen molar-refractivity contribution in [2.75, 3.05) is 36.5 Å². The summed E-state index contributed by atoms with van der Waals surface area (Å²) in [6.07, 6.45) is 5.29. The van der Waals surface area contributed by atoms with E-state index >= 15 is 0 Å². The first-order valence-electron chi connectivity index (χ1n) is 11.2. The number of fused-ring (bicyclic) bond motifs is 1. The zero-order valence-corrected chi connectivity index (χ0v) is 20.2. The molecule has 0 amide bonds. The molecule has 2 aromatic heterocycles. The molecule has 0 bridgehead atoms. The highest BCUT2D eigenvalue weighted by Gasteiger charge is 2.33. The van der Waals surface area contributed by atoms with Gasteiger partial charge in [0.25, 0.3) is 0 Å². The summed E-state index contributed by atoms with van der Waals surface area (Å²) in [6.45, 7) is 8.45. The van der Waals surface area contributed by atoms with Crippen molar-refractivity contribution in [3.05, 3.63) is 47.6 Å². The van der Waals surface area contributed by atoms with E-state index in [0.717, 1.165) is 21.7 Å². The standard InChI is InChI=1S/C24H27N7O2S/c1-4-33-22(32)21-13-27-24(34-21)30-11-12-31(20(14-30)16(2)3)23(28-15-25)29-19-9-5-8-18-17(19)7-6-10-26-18/h5-10,13,16,20H,4,11-12,14H2,1-3H3,(H,28,29). The number of aromatic nitrogens is 2. The number of aliphatic imine (C=N–C) groups is 1. The molecule has 0 spiro atoms. The minimum Gasteiger partial charge on any atom is -0.462 e. The number of carbonyl (C=O) groups is 1. The molecule has 1 aliphatic rings. The minimum atomic E-state index is -0.345. The quantitative estimate of drug-likeness (QED) is 0.255. The van der Waals surface area contributed by atoms with Crippen LogP contribution in [0.25, 0.3) is 10.9 Å². The summed E-state index contributed by atoms with van der Waals surface area (Å²) >= 11 is 1.34. The van der Waals surface area contributed by atoms with Crippen molar-refractivity contribution in [2.45, 2.75) is 26.8 Å². The number of guanidine groups is 1. The fourth-order valence-corrected chi connectivity index (χ4v) is 4.91. The van der Waals surface area contributed by atoms with Crippen LogP contribution in [0, 0.1) is 17.4 Å². The Bertz CT molecular complexity index is 1230. The van der Waals surface area contributed by atoms with Crippen molar-refractivity contribution in [1.29, 1.82) is 5.26 Å². The van der Waals surface area contributed by atoms with Crippen molar-refractivity contribution in [3.63, 3.8) is 0 Å². The molecule has 0 aliphatic carbocycles. The zero-order chi connectivity index (χ0) is 24.1. The Morgan fingerprint density at radius 1 is 1.32 bits per heavy atom. The van der Waals surface area contributed by atoms with Gasteiger partial charge in [-0.15, -0.1) is 4.99 Å². The second-order valence-corrected chi connectivity index (χ2v) is 9.22. The van der Waals surface area contributed by atoms with Gasteiger partial charge < -0.3 is 19.9 Å². The molecule has 176 valence electrons. The van der Waals surface area contributed by atoms with Gasteiger partial charge in [0, 0.05) is 31.2 Å². The van der Waals surface area contributed by atoms with Crippen molar-refractivity contribution in [3.8, 4) is 6.19 Å². The summed E-state index contributed by atoms with van der Waals surface area (Å²) in [5.74, 6) is 0.457. The van der Waals surface area contributed by atoms with Gasteiger partial charge in [0.1, 0.15) is 4.88 Å². The van der Waals surface area contributed by atoms with E-state index in [1.807, 2.05) is 36.5 Å². The van der Waals surface area contributed by atoms with Gasteiger partial charge in [-0.05, 0) is 37.1 Å². The van der Waals surface area contributed by atoms with Gasteiger partial charge in [-0.25, -0.2) is 9.78 Å². The molecule has 1 aliphatic heterocycles. The van der Waals surface area contributed by atoms with Crippen molar-refractivity contribution < 1.29 is 9.53 Å². The number of rotatable bonds is 5. The first kappa shape index (κ1) is 23.4. The molecule has 1 aromatic carbocycles. The Labute approximate surface area is 202 Å². The maximum atomic E-state index is 12.1. The Kier molecular flexibility index (Phi) is 7.23. The third-order valence-electron chi connectivity index (χ3n) is 5.75. The molecule has 0 saturated carbocycles. The fourth-order valence-electron chi connectivity index (χ4n) is 4.07. The van der Waals surface area contributed by atoms with E-state index < -0.39 is 0 Å². The number of benzene rings is 1. The van der Waals surface area contributed by atoms with Crippen LogP contribution in [-0.2, 0) is 4.74 Å². The molecule has 4 rings (SSSR count). The van der Waals surface area contributed by atoms with Gasteiger partial charge >= 0.3 is 5.97 Å². The van der Waals surface area contributed by atoms with E-state index in [4.69, 9.17) is 4.74 Å². The number of anilines is 2. The molecule has 1 saturated heterocycles. The molecular formula is C24H27N7O2S. The van der Waals surface area contributed by atoms with Crippen LogP contribution in [0.3, 0.4) is 0 Å². The number of hydrogen-bond donors (Lipinski definition) is 1. The molecule has 1 N–H and O–H groups in total. The highest BCUT2D eigenvalue weighted by Crippen LogP contribution is 2.29. The molecule has 3 aromatic rings. The average Bonchev–Trinajstić information content (AvgIpc) is 3.34. The topological polar surface area (TPSA) is 107 Å². The second-order valence-electron chi connectivity index (χ2n) is 8.21. The van der Waals surface area contributed by atoms with E-state index in [2.05, 4.69) is 43.9 Å². The van der Waals surface area contributed by atoms with Gasteiger partial charge in [-0.1, -0.05) is 31.3 Å². The summed E-state index contributed by atoms with van der Waals surface area (Å²) < 4.78 is 5.10. The van der Waals surface area contributed by atoms with E-state index in [1.54, 1.807) is 19.3 Å². The number of piperazine rings is 1. The Morgan fingerprint density at radius 3 is 2.94 bits per heavy atom. The van der Waals surface area contributed by atoms with E-state index in [0.29, 0.717) is 37.1 Å². The molecule has 9 nitrogen and oxygen atoms in total. The van der Waals surface area contributed by atoms with Crippen LogP contribution in [0.1, 0.15) is 30.4 Å². The number of carbonyl (C=O) groups excluding carboxylic acids is 1. The predicted molar refractivity (Wildman–Crippen MR) is 134 cm³/mol. The molecule has 1 atom stereocenters. The Morgan fingerprint density at radius 2 is 2.18 bits per heavy atom. The number of nitrogens with zero attached hydrogens (tertiary/aromatic N) is 6. The molecule has 3 heterocycles. The largest absolute Gasteiger partial charge is 0.462 e. The smallest absolute Gasteiger partial charge is 0.350 e. The van der Waals surface area contributed by atoms with Gasteiger partial charge in [0.15, 0.2) is 5.13 Å². The molecule has 34 heavy (non-hydrogen) atoms. The van der Waals surface area contributed by atoms with E-state index in [-0.39, 0.29) is 17.9 Å². The van der Waals surface area contributed by atoms with Gasteiger partial charge in [-0.2, -0.15) is 5.26 Å². The average molecular weight is 478 g/mol. The number of pyridine rings is 1. The van der Waals surface area contributed by atoms with Crippen LogP contribution in [0.5, 0.6) is 0 Å². The highest BCUT2D eigenvalue weighted by atomic mass is 32.1. The summed E-state index contributed by atoms with van der Waals surface area (Å²) in [7, 11) is 0. The lowest BCUT2D eigenvalue weighted by Crippen LogP contribution is -2.58. The first-order chi connectivity index (χ1) is 16.5. The third-order valence-corrected chi connectivity index (χ3v) is 6.79. The predicted octanol–water partition coefficient (Wildman–Crippen LogP) is 3.96. The van der Waals surface area contributed by atoms with Crippen LogP contribution in [-0.4, -0.2) is 59.1 Å². The van der Waals surface area contributed by atoms with Crippen LogP contribution in [0.4, 0.5) is 10.8 Å². The number of hydrogen-bond acceptors (Lipinski definition) is 8. The van der Waals surface area contributed by atoms with Crippen LogP contribution in [0.2, 0.25) is 0 Å². The number of ether oxygens (including phenoxy) is 1. The maximum absolute atomic E-state index is 12.1. The van der Waals surface area contributed by atoms with Crippen molar-refractivity contribution in [1.82, 2.24) is 14.9 Å². The van der Waals surface area contributed by atoms with Crippen LogP contribution < -0.4 is 10.2 Å². The van der Waals surface area contributed by atoms with E-state index in [9.17, 15) is 10.1 Å². The molecule has 1 fully saturated rings. The Hall–Kier alpha value is -3.71. The number of nitrogens with one attached hydrogen (secondary N) is 1.